The van der Waals surface area contributed by atoms with E-state index in [4.69, 9.17) is 31.0 Å². The lowest BCUT2D eigenvalue weighted by Crippen LogP contribution is -2.55. The van der Waals surface area contributed by atoms with Gasteiger partial charge in [-0.3, -0.25) is 4.79 Å². The van der Waals surface area contributed by atoms with Crippen LogP contribution in [-0.2, 0) is 22.5 Å². The summed E-state index contributed by atoms with van der Waals surface area (Å²) in [7, 11) is 0. The van der Waals surface area contributed by atoms with Crippen LogP contribution in [-0.4, -0.2) is 72.8 Å². The van der Waals surface area contributed by atoms with Gasteiger partial charge >= 0.3 is 6.01 Å². The van der Waals surface area contributed by atoms with E-state index in [1.54, 1.807) is 4.90 Å². The molecule has 1 atom stereocenters. The highest BCUT2D eigenvalue weighted by Crippen LogP contribution is 2.37. The van der Waals surface area contributed by atoms with Crippen LogP contribution in [0.3, 0.4) is 0 Å². The van der Waals surface area contributed by atoms with Gasteiger partial charge in [-0.15, -0.1) is 0 Å². The number of anilines is 2. The predicted octanol–water partition coefficient (Wildman–Crippen LogP) is 5.94. The van der Waals surface area contributed by atoms with Crippen LogP contribution in [0.1, 0.15) is 49.8 Å². The molecule has 0 unspecified atom stereocenters. The molecule has 45 heavy (non-hydrogen) atoms. The van der Waals surface area contributed by atoms with E-state index in [1.165, 1.54) is 38.2 Å². The molecule has 1 saturated heterocycles. The highest BCUT2D eigenvalue weighted by atomic mass is 35.5. The van der Waals surface area contributed by atoms with Gasteiger partial charge < -0.3 is 24.2 Å². The third kappa shape index (κ3) is 7.03. The second kappa shape index (κ2) is 14.5. The molecule has 10 heteroatoms. The first-order chi connectivity index (χ1) is 22.1. The highest BCUT2D eigenvalue weighted by Gasteiger charge is 2.33. The Morgan fingerprint density at radius 1 is 1.07 bits per heavy atom. The average molecular weight is 629 g/mol. The van der Waals surface area contributed by atoms with Crippen molar-refractivity contribution in [1.29, 1.82) is 5.26 Å². The minimum atomic E-state index is -0.254. The monoisotopic (exact) mass is 628 g/mol. The number of halogens is 1. The number of carbonyl (C=O) groups is 1. The first-order valence-corrected chi connectivity index (χ1v) is 16.5. The SMILES string of the molecule is C=CC(=O)N1CCN(c2nc(OCCOCC3CCCCC3)nc3c2CCN(c2cccc4cccc(Cl)c24)C3)C[C@@H]1CC#N. The van der Waals surface area contributed by atoms with Crippen molar-refractivity contribution in [1.82, 2.24) is 14.9 Å². The highest BCUT2D eigenvalue weighted by molar-refractivity contribution is 6.36. The predicted molar refractivity (Wildman–Crippen MR) is 177 cm³/mol. The molecule has 1 aliphatic carbocycles. The van der Waals surface area contributed by atoms with Crippen molar-refractivity contribution in [3.8, 4) is 12.1 Å². The number of hydrogen-bond acceptors (Lipinski definition) is 8. The molecule has 0 radical (unpaired) electrons. The maximum Gasteiger partial charge on any atom is 0.318 e. The van der Waals surface area contributed by atoms with Crippen molar-refractivity contribution in [2.45, 2.75) is 57.5 Å². The van der Waals surface area contributed by atoms with Crippen molar-refractivity contribution in [2.75, 3.05) is 55.8 Å². The molecule has 3 aromatic rings. The van der Waals surface area contributed by atoms with Gasteiger partial charge in [0.15, 0.2) is 0 Å². The Bertz CT molecular complexity index is 1560. The maximum atomic E-state index is 12.6. The number of nitrogens with zero attached hydrogens (tertiary/aromatic N) is 6. The maximum absolute atomic E-state index is 12.6. The molecule has 1 saturated carbocycles. The molecule has 3 aliphatic rings. The van der Waals surface area contributed by atoms with Gasteiger partial charge in [0, 0.05) is 49.4 Å². The number of amides is 1. The zero-order valence-electron chi connectivity index (χ0n) is 25.8. The van der Waals surface area contributed by atoms with Crippen LogP contribution >= 0.6 is 11.6 Å². The number of hydrogen-bond donors (Lipinski definition) is 0. The van der Waals surface area contributed by atoms with Crippen molar-refractivity contribution >= 4 is 39.8 Å². The summed E-state index contributed by atoms with van der Waals surface area (Å²) in [4.78, 5) is 28.7. The lowest BCUT2D eigenvalue weighted by Gasteiger charge is -2.42. The van der Waals surface area contributed by atoms with Gasteiger partial charge in [-0.1, -0.05) is 61.7 Å². The number of carbonyl (C=O) groups excluding carboxylic acids is 1. The number of benzene rings is 2. The van der Waals surface area contributed by atoms with E-state index in [9.17, 15) is 10.1 Å². The van der Waals surface area contributed by atoms with Gasteiger partial charge in [0.25, 0.3) is 0 Å². The number of fused-ring (bicyclic) bond motifs is 2. The minimum Gasteiger partial charge on any atom is -0.461 e. The second-order valence-corrected chi connectivity index (χ2v) is 12.6. The number of aromatic nitrogens is 2. The number of nitriles is 1. The van der Waals surface area contributed by atoms with Crippen LogP contribution in [0.15, 0.2) is 49.1 Å². The fraction of sp³-hybridized carbons (Fsp3) is 0.486. The quantitative estimate of drug-likeness (QED) is 0.201. The first kappa shape index (κ1) is 31.1. The van der Waals surface area contributed by atoms with E-state index in [0.29, 0.717) is 51.3 Å². The molecule has 3 heterocycles. The summed E-state index contributed by atoms with van der Waals surface area (Å²) in [5, 5.41) is 12.4. The summed E-state index contributed by atoms with van der Waals surface area (Å²) in [5.41, 5.74) is 3.07. The van der Waals surface area contributed by atoms with E-state index in [2.05, 4.69) is 46.7 Å². The molecule has 0 bridgehead atoms. The molecule has 1 amide bonds. The molecule has 9 nitrogen and oxygen atoms in total. The zero-order valence-corrected chi connectivity index (χ0v) is 26.6. The number of piperazine rings is 1. The number of rotatable bonds is 10. The molecule has 2 aliphatic heterocycles. The van der Waals surface area contributed by atoms with Crippen LogP contribution < -0.4 is 14.5 Å². The molecule has 2 aromatic carbocycles. The van der Waals surface area contributed by atoms with Gasteiger partial charge in [0.05, 0.1) is 42.4 Å². The molecule has 236 valence electrons. The van der Waals surface area contributed by atoms with Crippen LogP contribution in [0.5, 0.6) is 6.01 Å². The van der Waals surface area contributed by atoms with E-state index < -0.39 is 0 Å². The fourth-order valence-corrected chi connectivity index (χ4v) is 7.27. The molecule has 2 fully saturated rings. The van der Waals surface area contributed by atoms with Crippen molar-refractivity contribution in [2.24, 2.45) is 5.92 Å². The lowest BCUT2D eigenvalue weighted by molar-refractivity contribution is -0.128. The zero-order chi connectivity index (χ0) is 31.2. The lowest BCUT2D eigenvalue weighted by atomic mass is 9.90. The Morgan fingerprint density at radius 2 is 1.89 bits per heavy atom. The van der Waals surface area contributed by atoms with Gasteiger partial charge in [-0.25, -0.2) is 0 Å². The summed E-state index contributed by atoms with van der Waals surface area (Å²) in [6.45, 7) is 8.23. The topological polar surface area (TPSA) is 94.8 Å². The van der Waals surface area contributed by atoms with E-state index in [-0.39, 0.29) is 18.4 Å². The Kier molecular flexibility index (Phi) is 10.0. The van der Waals surface area contributed by atoms with Crippen molar-refractivity contribution in [3.63, 3.8) is 0 Å². The number of ether oxygens (including phenoxy) is 2. The Hall–Kier alpha value is -3.87. The molecule has 0 spiro atoms. The van der Waals surface area contributed by atoms with Gasteiger partial charge in [-0.05, 0) is 48.8 Å². The molecular formula is C35H41ClN6O3. The van der Waals surface area contributed by atoms with Crippen molar-refractivity contribution < 1.29 is 14.3 Å². The van der Waals surface area contributed by atoms with Crippen LogP contribution in [0, 0.1) is 17.2 Å². The van der Waals surface area contributed by atoms with E-state index >= 15 is 0 Å². The summed E-state index contributed by atoms with van der Waals surface area (Å²) >= 11 is 6.70. The summed E-state index contributed by atoms with van der Waals surface area (Å²) in [5.74, 6) is 1.32. The third-order valence-corrected chi connectivity index (χ3v) is 9.61. The smallest absolute Gasteiger partial charge is 0.318 e. The molecule has 0 N–H and O–H groups in total. The second-order valence-electron chi connectivity index (χ2n) is 12.2. The van der Waals surface area contributed by atoms with Gasteiger partial charge in [0.1, 0.15) is 12.4 Å². The van der Waals surface area contributed by atoms with E-state index in [0.717, 1.165) is 58.1 Å². The van der Waals surface area contributed by atoms with Crippen LogP contribution in [0.2, 0.25) is 5.02 Å². The van der Waals surface area contributed by atoms with Gasteiger partial charge in [0.2, 0.25) is 5.91 Å². The largest absolute Gasteiger partial charge is 0.461 e. The summed E-state index contributed by atoms with van der Waals surface area (Å²) in [6.07, 6.45) is 8.71. The Labute approximate surface area is 270 Å². The normalized spacial score (nSPS) is 18.8. The minimum absolute atomic E-state index is 0.152. The van der Waals surface area contributed by atoms with Gasteiger partial charge in [-0.2, -0.15) is 15.2 Å². The molecule has 6 rings (SSSR count). The van der Waals surface area contributed by atoms with Crippen LogP contribution in [0.4, 0.5) is 11.5 Å². The van der Waals surface area contributed by atoms with Crippen molar-refractivity contribution in [3.05, 3.63) is 65.3 Å². The third-order valence-electron chi connectivity index (χ3n) is 9.30. The van der Waals surface area contributed by atoms with Crippen LogP contribution in [0.25, 0.3) is 10.8 Å². The molecule has 1 aromatic heterocycles. The Morgan fingerprint density at radius 3 is 2.69 bits per heavy atom. The summed E-state index contributed by atoms with van der Waals surface area (Å²) < 4.78 is 12.1. The Balaban J connectivity index is 1.25. The molecular weight excluding hydrogens is 588 g/mol. The fourth-order valence-electron chi connectivity index (χ4n) is 6.99. The van der Waals surface area contributed by atoms with E-state index in [1.807, 2.05) is 12.1 Å². The average Bonchev–Trinajstić information content (AvgIpc) is 3.07. The standard InChI is InChI=1S/C35H41ClN6O3/c1-2-32(43)42-19-18-41(22-27(42)14-16-37)34-28-15-17-40(31-13-7-11-26-10-6-12-29(36)33(26)31)23-30(28)38-35(39-34)45-21-20-44-24-25-8-4-3-5-9-25/h2,6-7,10-13,25,27H,1,3-5,8-9,14-15,17-24H2/t27-/m0/s1. The first-order valence-electron chi connectivity index (χ1n) is 16.1. The summed E-state index contributed by atoms with van der Waals surface area (Å²) in [6, 6.07) is 14.6.